The highest BCUT2D eigenvalue weighted by atomic mass is 16.5. The van der Waals surface area contributed by atoms with Gasteiger partial charge in [-0.2, -0.15) is 0 Å². The minimum Gasteiger partial charge on any atom is -0.385 e. The number of methoxy groups -OCH3 is 1. The number of hydrogen-bond acceptors (Lipinski definition) is 3. The third-order valence-corrected chi connectivity index (χ3v) is 3.98. The van der Waals surface area contributed by atoms with Crippen molar-refractivity contribution in [3.63, 3.8) is 0 Å². The number of hydrogen-bond donors (Lipinski definition) is 2. The molecule has 0 spiro atoms. The van der Waals surface area contributed by atoms with Crippen LogP contribution in [-0.2, 0) is 4.74 Å². The van der Waals surface area contributed by atoms with Crippen LogP contribution in [0, 0.1) is 5.92 Å². The Balaban J connectivity index is 1.99. The summed E-state index contributed by atoms with van der Waals surface area (Å²) in [5.41, 5.74) is 0. The van der Waals surface area contributed by atoms with Crippen LogP contribution < -0.4 is 10.6 Å². The Labute approximate surface area is 130 Å². The van der Waals surface area contributed by atoms with Gasteiger partial charge in [0.1, 0.15) is 0 Å². The Morgan fingerprint density at radius 1 is 1.24 bits per heavy atom. The van der Waals surface area contributed by atoms with E-state index in [1.807, 2.05) is 7.05 Å². The third kappa shape index (κ3) is 8.94. The summed E-state index contributed by atoms with van der Waals surface area (Å²) in [5, 5.41) is 6.67. The molecule has 0 bridgehead atoms. The van der Waals surface area contributed by atoms with Crippen molar-refractivity contribution >= 4 is 5.96 Å². The van der Waals surface area contributed by atoms with Crippen molar-refractivity contribution in [1.29, 1.82) is 0 Å². The van der Waals surface area contributed by atoms with E-state index in [0.29, 0.717) is 0 Å². The van der Waals surface area contributed by atoms with Crippen LogP contribution in [0.3, 0.4) is 0 Å². The lowest BCUT2D eigenvalue weighted by Crippen LogP contribution is -2.39. The molecule has 21 heavy (non-hydrogen) atoms. The van der Waals surface area contributed by atoms with E-state index in [2.05, 4.69) is 27.4 Å². The molecule has 0 aromatic heterocycles. The summed E-state index contributed by atoms with van der Waals surface area (Å²) in [5.74, 6) is 1.78. The maximum absolute atomic E-state index is 5.03. The number of aliphatic imine (C=N–C) groups is 1. The molecule has 1 unspecified atom stereocenters. The van der Waals surface area contributed by atoms with Crippen molar-refractivity contribution in [3.8, 4) is 0 Å². The minimum absolute atomic E-state index is 0.790. The van der Waals surface area contributed by atoms with Crippen LogP contribution in [0.1, 0.15) is 39.0 Å². The zero-order chi connectivity index (χ0) is 15.3. The largest absolute Gasteiger partial charge is 0.385 e. The van der Waals surface area contributed by atoms with Gasteiger partial charge in [0.15, 0.2) is 5.96 Å². The Morgan fingerprint density at radius 3 is 2.67 bits per heavy atom. The number of ether oxygens (including phenoxy) is 1. The number of nitrogens with one attached hydrogen (secondary N) is 2. The van der Waals surface area contributed by atoms with Gasteiger partial charge in [0.05, 0.1) is 0 Å². The van der Waals surface area contributed by atoms with E-state index in [9.17, 15) is 0 Å². The molecule has 0 radical (unpaired) electrons. The summed E-state index contributed by atoms with van der Waals surface area (Å²) >= 11 is 0. The molecule has 1 fully saturated rings. The number of guanidine groups is 1. The number of rotatable bonds is 9. The molecular weight excluding hydrogens is 264 g/mol. The summed E-state index contributed by atoms with van der Waals surface area (Å²) in [6.07, 6.45) is 6.24. The smallest absolute Gasteiger partial charge is 0.190 e. The molecule has 1 rings (SSSR count). The molecule has 5 nitrogen and oxygen atoms in total. The maximum Gasteiger partial charge on any atom is 0.190 e. The lowest BCUT2D eigenvalue weighted by molar-refractivity contribution is 0.181. The van der Waals surface area contributed by atoms with E-state index in [4.69, 9.17) is 4.74 Å². The Hall–Kier alpha value is -0.810. The Bertz CT molecular complexity index is 283. The second kappa shape index (κ2) is 11.8. The van der Waals surface area contributed by atoms with Gasteiger partial charge in [0.25, 0.3) is 0 Å². The number of likely N-dealkylation sites (tertiary alicyclic amines) is 1. The van der Waals surface area contributed by atoms with Crippen LogP contribution in [0.5, 0.6) is 0 Å². The average Bonchev–Trinajstić information content (AvgIpc) is 2.49. The Morgan fingerprint density at radius 2 is 2.00 bits per heavy atom. The SMILES string of the molecule is CN=C(NCCCCN1CCCC(C)C1)NCCCOC. The van der Waals surface area contributed by atoms with Gasteiger partial charge in [-0.3, -0.25) is 4.99 Å². The first kappa shape index (κ1) is 18.2. The molecule has 5 heteroatoms. The molecular formula is C16H34N4O. The molecule has 1 atom stereocenters. The Kier molecular flexibility index (Phi) is 10.3. The fourth-order valence-electron chi connectivity index (χ4n) is 2.80. The minimum atomic E-state index is 0.790. The van der Waals surface area contributed by atoms with Gasteiger partial charge in [0, 0.05) is 40.4 Å². The molecule has 1 heterocycles. The van der Waals surface area contributed by atoms with Gasteiger partial charge in [-0.15, -0.1) is 0 Å². The van der Waals surface area contributed by atoms with Gasteiger partial charge in [-0.25, -0.2) is 0 Å². The zero-order valence-electron chi connectivity index (χ0n) is 14.2. The first-order chi connectivity index (χ1) is 10.3. The van der Waals surface area contributed by atoms with Crippen molar-refractivity contribution < 1.29 is 4.74 Å². The van der Waals surface area contributed by atoms with Gasteiger partial charge in [-0.05, 0) is 51.1 Å². The third-order valence-electron chi connectivity index (χ3n) is 3.98. The first-order valence-corrected chi connectivity index (χ1v) is 8.42. The lowest BCUT2D eigenvalue weighted by Gasteiger charge is -2.30. The van der Waals surface area contributed by atoms with Crippen LogP contribution in [-0.4, -0.2) is 64.3 Å². The first-order valence-electron chi connectivity index (χ1n) is 8.42. The van der Waals surface area contributed by atoms with Gasteiger partial charge < -0.3 is 20.3 Å². The fraction of sp³-hybridized carbons (Fsp3) is 0.938. The average molecular weight is 298 g/mol. The molecule has 1 aliphatic rings. The zero-order valence-corrected chi connectivity index (χ0v) is 14.2. The molecule has 0 aliphatic carbocycles. The second-order valence-electron chi connectivity index (χ2n) is 6.03. The number of piperidine rings is 1. The standard InChI is InChI=1S/C16H34N4O/c1-15-8-6-12-20(14-15)11-5-4-9-18-16(17-2)19-10-7-13-21-3/h15H,4-14H2,1-3H3,(H2,17,18,19). The van der Waals surface area contributed by atoms with Crippen LogP contribution >= 0.6 is 0 Å². The van der Waals surface area contributed by atoms with Crippen molar-refractivity contribution in [1.82, 2.24) is 15.5 Å². The van der Waals surface area contributed by atoms with E-state index >= 15 is 0 Å². The van der Waals surface area contributed by atoms with Crippen molar-refractivity contribution in [2.24, 2.45) is 10.9 Å². The lowest BCUT2D eigenvalue weighted by atomic mass is 10.0. The summed E-state index contributed by atoms with van der Waals surface area (Å²) < 4.78 is 5.03. The van der Waals surface area contributed by atoms with Crippen LogP contribution in [0.25, 0.3) is 0 Å². The van der Waals surface area contributed by atoms with E-state index in [1.165, 1.54) is 45.3 Å². The molecule has 1 aliphatic heterocycles. The molecule has 124 valence electrons. The normalized spacial score (nSPS) is 20.5. The van der Waals surface area contributed by atoms with Crippen molar-refractivity contribution in [2.75, 3.05) is 53.5 Å². The molecule has 0 amide bonds. The quantitative estimate of drug-likeness (QED) is 0.386. The summed E-state index contributed by atoms with van der Waals surface area (Å²) in [7, 11) is 3.55. The van der Waals surface area contributed by atoms with Gasteiger partial charge >= 0.3 is 0 Å². The predicted molar refractivity (Wildman–Crippen MR) is 89.9 cm³/mol. The fourth-order valence-corrected chi connectivity index (χ4v) is 2.80. The summed E-state index contributed by atoms with van der Waals surface area (Å²) in [4.78, 5) is 6.84. The highest BCUT2D eigenvalue weighted by Crippen LogP contribution is 2.15. The summed E-state index contributed by atoms with van der Waals surface area (Å²) in [6.45, 7) is 8.88. The van der Waals surface area contributed by atoms with Crippen molar-refractivity contribution in [2.45, 2.75) is 39.0 Å². The molecule has 0 saturated carbocycles. The number of nitrogens with zero attached hydrogens (tertiary/aromatic N) is 2. The van der Waals surface area contributed by atoms with Gasteiger partial charge in [-0.1, -0.05) is 6.92 Å². The molecule has 1 saturated heterocycles. The topological polar surface area (TPSA) is 48.9 Å². The van der Waals surface area contributed by atoms with E-state index in [1.54, 1.807) is 7.11 Å². The van der Waals surface area contributed by atoms with Crippen molar-refractivity contribution in [3.05, 3.63) is 0 Å². The molecule has 0 aromatic carbocycles. The molecule has 0 aromatic rings. The summed E-state index contributed by atoms with van der Waals surface area (Å²) in [6, 6.07) is 0. The maximum atomic E-state index is 5.03. The second-order valence-corrected chi connectivity index (χ2v) is 6.03. The van der Waals surface area contributed by atoms with Crippen LogP contribution in [0.15, 0.2) is 4.99 Å². The predicted octanol–water partition coefficient (Wildman–Crippen LogP) is 1.70. The van der Waals surface area contributed by atoms with Crippen LogP contribution in [0.2, 0.25) is 0 Å². The highest BCUT2D eigenvalue weighted by molar-refractivity contribution is 5.79. The molecule has 2 N–H and O–H groups in total. The van der Waals surface area contributed by atoms with E-state index in [-0.39, 0.29) is 0 Å². The van der Waals surface area contributed by atoms with E-state index < -0.39 is 0 Å². The number of unbranched alkanes of at least 4 members (excludes halogenated alkanes) is 1. The monoisotopic (exact) mass is 298 g/mol. The highest BCUT2D eigenvalue weighted by Gasteiger charge is 2.15. The van der Waals surface area contributed by atoms with E-state index in [0.717, 1.165) is 38.0 Å². The van der Waals surface area contributed by atoms with Crippen LogP contribution in [0.4, 0.5) is 0 Å². The van der Waals surface area contributed by atoms with Gasteiger partial charge in [0.2, 0.25) is 0 Å².